The molecule has 0 spiro atoms. The van der Waals surface area contributed by atoms with Gasteiger partial charge in [0.2, 0.25) is 5.91 Å². The van der Waals surface area contributed by atoms with Crippen LogP contribution in [0.15, 0.2) is 10.2 Å². The van der Waals surface area contributed by atoms with Crippen LogP contribution < -0.4 is 15.9 Å². The monoisotopic (exact) mass is 201 g/mol. The summed E-state index contributed by atoms with van der Waals surface area (Å²) in [6.07, 6.45) is 0. The molecule has 6 heteroatoms. The van der Waals surface area contributed by atoms with E-state index in [-0.39, 0.29) is 10.8 Å². The number of nitrogens with one attached hydrogen (secondary N) is 2. The normalized spacial score (nSPS) is 12.5. The Balaban J connectivity index is 2.44. The lowest BCUT2D eigenvalue weighted by Crippen LogP contribution is -2.37. The van der Waals surface area contributed by atoms with Gasteiger partial charge in [-0.1, -0.05) is 11.3 Å². The molecule has 0 aliphatic rings. The predicted molar refractivity (Wildman–Crippen MR) is 50.4 cm³/mol. The maximum Gasteiger partial charge on any atom is 0.304 e. The van der Waals surface area contributed by atoms with E-state index >= 15 is 0 Å². The summed E-state index contributed by atoms with van der Waals surface area (Å²) < 4.78 is 0. The second-order valence-corrected chi connectivity index (χ2v) is 3.52. The van der Waals surface area contributed by atoms with Gasteiger partial charge in [0.25, 0.3) is 0 Å². The highest BCUT2D eigenvalue weighted by Crippen LogP contribution is 1.94. The van der Waals surface area contributed by atoms with Crippen LogP contribution in [0.1, 0.15) is 12.6 Å². The molecule has 0 aliphatic carbocycles. The highest BCUT2D eigenvalue weighted by Gasteiger charge is 2.06. The third kappa shape index (κ3) is 3.00. The van der Waals surface area contributed by atoms with Crippen molar-refractivity contribution in [2.75, 3.05) is 0 Å². The van der Waals surface area contributed by atoms with Crippen LogP contribution in [0.2, 0.25) is 0 Å². The predicted octanol–water partition coefficient (Wildman–Crippen LogP) is -0.600. The van der Waals surface area contributed by atoms with E-state index in [0.29, 0.717) is 12.2 Å². The molecule has 1 amide bonds. The van der Waals surface area contributed by atoms with Gasteiger partial charge in [0.15, 0.2) is 0 Å². The summed E-state index contributed by atoms with van der Waals surface area (Å²) >= 11 is 1.07. The number of nitrogens with two attached hydrogens (primary N) is 1. The van der Waals surface area contributed by atoms with E-state index in [0.717, 1.165) is 11.3 Å². The van der Waals surface area contributed by atoms with Crippen LogP contribution in [-0.4, -0.2) is 16.9 Å². The van der Waals surface area contributed by atoms with Crippen molar-refractivity contribution in [3.8, 4) is 0 Å². The Labute approximate surface area is 79.0 Å². The fraction of sp³-hybridized carbons (Fsp3) is 0.429. The van der Waals surface area contributed by atoms with E-state index in [1.165, 1.54) is 0 Å². The SMILES string of the molecule is C[C@@H](N)C(=O)NCc1csc(=O)[nH]1. The first-order chi connectivity index (χ1) is 6.09. The quantitative estimate of drug-likeness (QED) is 0.610. The second-order valence-electron chi connectivity index (χ2n) is 2.68. The van der Waals surface area contributed by atoms with Crippen LogP contribution in [0, 0.1) is 0 Å². The average molecular weight is 201 g/mol. The summed E-state index contributed by atoms with van der Waals surface area (Å²) in [6.45, 7) is 1.92. The molecule has 1 aromatic rings. The fourth-order valence-electron chi connectivity index (χ4n) is 0.744. The van der Waals surface area contributed by atoms with Crippen molar-refractivity contribution in [3.05, 3.63) is 20.7 Å². The summed E-state index contributed by atoms with van der Waals surface area (Å²) in [7, 11) is 0. The summed E-state index contributed by atoms with van der Waals surface area (Å²) in [4.78, 5) is 24.2. The number of carbonyl (C=O) groups is 1. The highest BCUT2D eigenvalue weighted by atomic mass is 32.1. The first-order valence-electron chi connectivity index (χ1n) is 3.79. The number of rotatable bonds is 3. The Morgan fingerprint density at radius 2 is 2.54 bits per heavy atom. The number of hydrogen-bond donors (Lipinski definition) is 3. The third-order valence-electron chi connectivity index (χ3n) is 1.44. The molecule has 1 aromatic heterocycles. The standard InChI is InChI=1S/C7H11N3O2S/c1-4(8)6(11)9-2-5-3-13-7(12)10-5/h3-4H,2,8H2,1H3,(H,9,11)(H,10,12)/t4-/m1/s1. The Morgan fingerprint density at radius 1 is 1.85 bits per heavy atom. The van der Waals surface area contributed by atoms with Gasteiger partial charge >= 0.3 is 4.87 Å². The average Bonchev–Trinajstić information content (AvgIpc) is 2.47. The van der Waals surface area contributed by atoms with Gasteiger partial charge in [-0.3, -0.25) is 9.59 Å². The molecule has 1 atom stereocenters. The van der Waals surface area contributed by atoms with E-state index < -0.39 is 6.04 Å². The summed E-state index contributed by atoms with van der Waals surface area (Å²) in [5, 5.41) is 4.25. The maximum absolute atomic E-state index is 11.0. The van der Waals surface area contributed by atoms with E-state index in [4.69, 9.17) is 5.73 Å². The van der Waals surface area contributed by atoms with Gasteiger partial charge in [0.05, 0.1) is 12.6 Å². The molecule has 0 fully saturated rings. The van der Waals surface area contributed by atoms with Gasteiger partial charge in [-0.2, -0.15) is 0 Å². The molecule has 1 heterocycles. The van der Waals surface area contributed by atoms with Crippen LogP contribution in [0.25, 0.3) is 0 Å². The first-order valence-corrected chi connectivity index (χ1v) is 4.67. The van der Waals surface area contributed by atoms with Gasteiger partial charge in [0.1, 0.15) is 0 Å². The Morgan fingerprint density at radius 3 is 3.00 bits per heavy atom. The zero-order chi connectivity index (χ0) is 9.84. The van der Waals surface area contributed by atoms with Gasteiger partial charge in [-0.25, -0.2) is 0 Å². The lowest BCUT2D eigenvalue weighted by molar-refractivity contribution is -0.122. The van der Waals surface area contributed by atoms with Crippen molar-refractivity contribution in [1.29, 1.82) is 0 Å². The van der Waals surface area contributed by atoms with Crippen molar-refractivity contribution in [2.45, 2.75) is 19.5 Å². The number of H-pyrrole nitrogens is 1. The van der Waals surface area contributed by atoms with Crippen molar-refractivity contribution in [1.82, 2.24) is 10.3 Å². The number of carbonyl (C=O) groups excluding carboxylic acids is 1. The van der Waals surface area contributed by atoms with Crippen molar-refractivity contribution < 1.29 is 4.79 Å². The van der Waals surface area contributed by atoms with E-state index in [1.807, 2.05) is 0 Å². The van der Waals surface area contributed by atoms with Crippen molar-refractivity contribution in [3.63, 3.8) is 0 Å². The minimum absolute atomic E-state index is 0.120. The number of amides is 1. The molecule has 0 aromatic carbocycles. The maximum atomic E-state index is 11.0. The number of aromatic amines is 1. The molecule has 0 saturated carbocycles. The molecule has 5 nitrogen and oxygen atoms in total. The lowest BCUT2D eigenvalue weighted by Gasteiger charge is -2.05. The van der Waals surface area contributed by atoms with E-state index in [1.54, 1.807) is 12.3 Å². The molecule has 0 bridgehead atoms. The van der Waals surface area contributed by atoms with Crippen molar-refractivity contribution in [2.24, 2.45) is 5.73 Å². The molecule has 0 unspecified atom stereocenters. The zero-order valence-corrected chi connectivity index (χ0v) is 7.98. The van der Waals surface area contributed by atoms with Gasteiger partial charge < -0.3 is 16.0 Å². The van der Waals surface area contributed by atoms with Gasteiger partial charge in [0, 0.05) is 11.1 Å². The van der Waals surface area contributed by atoms with E-state index in [2.05, 4.69) is 10.3 Å². The topological polar surface area (TPSA) is 88.0 Å². The molecular formula is C7H11N3O2S. The minimum atomic E-state index is -0.523. The largest absolute Gasteiger partial charge is 0.349 e. The Kier molecular flexibility index (Phi) is 3.21. The molecule has 13 heavy (non-hydrogen) atoms. The summed E-state index contributed by atoms with van der Waals surface area (Å²) in [5.74, 6) is -0.230. The molecule has 0 radical (unpaired) electrons. The fourth-order valence-corrected chi connectivity index (χ4v) is 1.33. The molecule has 4 N–H and O–H groups in total. The van der Waals surface area contributed by atoms with E-state index in [9.17, 15) is 9.59 Å². The smallest absolute Gasteiger partial charge is 0.304 e. The molecule has 1 rings (SSSR count). The van der Waals surface area contributed by atoms with Crippen LogP contribution in [0.3, 0.4) is 0 Å². The molecule has 72 valence electrons. The Hall–Kier alpha value is -1.14. The second kappa shape index (κ2) is 4.20. The zero-order valence-electron chi connectivity index (χ0n) is 7.16. The van der Waals surface area contributed by atoms with Crippen LogP contribution in [0.5, 0.6) is 0 Å². The third-order valence-corrected chi connectivity index (χ3v) is 2.16. The van der Waals surface area contributed by atoms with Crippen molar-refractivity contribution >= 4 is 17.2 Å². The summed E-state index contributed by atoms with van der Waals surface area (Å²) in [6, 6.07) is -0.523. The Bertz CT molecular complexity index is 342. The minimum Gasteiger partial charge on any atom is -0.349 e. The van der Waals surface area contributed by atoms with Crippen LogP contribution >= 0.6 is 11.3 Å². The molecule has 0 aliphatic heterocycles. The number of hydrogen-bond acceptors (Lipinski definition) is 4. The van der Waals surface area contributed by atoms with Gasteiger partial charge in [-0.05, 0) is 6.92 Å². The van der Waals surface area contributed by atoms with Gasteiger partial charge in [-0.15, -0.1) is 0 Å². The van der Waals surface area contributed by atoms with Crippen LogP contribution in [0.4, 0.5) is 0 Å². The molecular weight excluding hydrogens is 190 g/mol. The van der Waals surface area contributed by atoms with Crippen LogP contribution in [-0.2, 0) is 11.3 Å². The summed E-state index contributed by atoms with van der Waals surface area (Å²) in [5.41, 5.74) is 6.02. The number of thiazole rings is 1. The number of aromatic nitrogens is 1. The highest BCUT2D eigenvalue weighted by molar-refractivity contribution is 7.07. The first kappa shape index (κ1) is 9.94. The lowest BCUT2D eigenvalue weighted by atomic mass is 10.3. The molecule has 0 saturated heterocycles.